The lowest BCUT2D eigenvalue weighted by Gasteiger charge is -2.24. The summed E-state index contributed by atoms with van der Waals surface area (Å²) in [6, 6.07) is -0.467. The van der Waals surface area contributed by atoms with Gasteiger partial charge in [-0.05, 0) is 6.04 Å². The largest absolute Gasteiger partial charge is 0.380 e. The molecule has 0 aliphatic carbocycles. The molecule has 0 radical (unpaired) electrons. The number of rotatable bonds is 1. The Kier molecular flexibility index (Phi) is 0.670. The van der Waals surface area contributed by atoms with Crippen LogP contribution in [0, 0.1) is 0 Å². The lowest BCUT2D eigenvalue weighted by Crippen LogP contribution is -2.26. The van der Waals surface area contributed by atoms with Crippen molar-refractivity contribution in [2.24, 2.45) is 0 Å². The first-order valence-corrected chi connectivity index (χ1v) is 3.12. The molecule has 2 rings (SSSR count). The van der Waals surface area contributed by atoms with Crippen molar-refractivity contribution in [3.8, 4) is 0 Å². The monoisotopic (exact) mass is 177 g/mol. The van der Waals surface area contributed by atoms with Gasteiger partial charge in [0.15, 0.2) is 0 Å². The van der Waals surface area contributed by atoms with Gasteiger partial charge < -0.3 is 4.74 Å². The van der Waals surface area contributed by atoms with Gasteiger partial charge in [-0.3, -0.25) is 0 Å². The molecule has 0 N–H and O–H groups in total. The Bertz CT molecular complexity index is 486. The second kappa shape index (κ2) is 2.75. The molecule has 1 aromatic rings. The molecule has 0 saturated carbocycles. The van der Waals surface area contributed by atoms with Crippen LogP contribution >= 0.6 is 11.6 Å². The SMILES string of the molecule is [2H]c1nc(C2([2H])C([2H])([2H])OC2([2H])[2H])nc(Cl)c1[2H]. The molecule has 2 heterocycles. The summed E-state index contributed by atoms with van der Waals surface area (Å²) in [4.78, 5) is 6.97. The van der Waals surface area contributed by atoms with E-state index in [0.717, 1.165) is 0 Å². The van der Waals surface area contributed by atoms with Gasteiger partial charge in [0.25, 0.3) is 0 Å². The maximum absolute atomic E-state index is 7.87. The predicted molar refractivity (Wildman–Crippen MR) is 40.6 cm³/mol. The highest BCUT2D eigenvalue weighted by molar-refractivity contribution is 6.29. The Hall–Kier alpha value is -0.670. The molecular formula is C7H7ClN2O. The molecule has 1 fully saturated rings. The zero-order valence-corrected chi connectivity index (χ0v) is 5.94. The molecule has 1 saturated heterocycles. The molecule has 0 unspecified atom stereocenters. The topological polar surface area (TPSA) is 35.0 Å². The second-order valence-corrected chi connectivity index (χ2v) is 2.11. The highest BCUT2D eigenvalue weighted by Crippen LogP contribution is 2.20. The number of hydrogen-bond donors (Lipinski definition) is 0. The van der Waals surface area contributed by atoms with E-state index in [1.165, 1.54) is 0 Å². The van der Waals surface area contributed by atoms with Gasteiger partial charge in [-0.2, -0.15) is 0 Å². The zero-order chi connectivity index (χ0) is 13.9. The van der Waals surface area contributed by atoms with Crippen molar-refractivity contribution in [3.05, 3.63) is 23.2 Å². The summed E-state index contributed by atoms with van der Waals surface area (Å²) in [5, 5.41) is -0.435. The molecule has 0 bridgehead atoms. The average molecular weight is 178 g/mol. The second-order valence-electron chi connectivity index (χ2n) is 1.76. The third kappa shape index (κ3) is 1.34. The van der Waals surface area contributed by atoms with E-state index in [2.05, 4.69) is 14.7 Å². The predicted octanol–water partition coefficient (Wildman–Crippen LogP) is 1.24. The summed E-state index contributed by atoms with van der Waals surface area (Å²) >= 11 is 5.56. The van der Waals surface area contributed by atoms with Crippen LogP contribution in [-0.2, 0) is 4.74 Å². The van der Waals surface area contributed by atoms with Gasteiger partial charge >= 0.3 is 0 Å². The standard InChI is InChI=1S/C7H7ClN2O/c8-6-1-2-9-7(10-6)5-3-11-4-5/h1-2,5H,3-4H2/i1D,2D,3D2,4D2,5D. The van der Waals surface area contributed by atoms with E-state index in [0.29, 0.717) is 0 Å². The van der Waals surface area contributed by atoms with Crippen molar-refractivity contribution in [2.75, 3.05) is 13.1 Å². The Balaban J connectivity index is 2.61. The quantitative estimate of drug-likeness (QED) is 0.606. The van der Waals surface area contributed by atoms with Gasteiger partial charge in [0, 0.05) is 7.54 Å². The lowest BCUT2D eigenvalue weighted by atomic mass is 10.1. The molecule has 1 aliphatic heterocycles. The van der Waals surface area contributed by atoms with Gasteiger partial charge in [0.2, 0.25) is 0 Å². The first-order chi connectivity index (χ1) is 8.03. The fourth-order valence-corrected chi connectivity index (χ4v) is 0.700. The van der Waals surface area contributed by atoms with Gasteiger partial charge in [0.05, 0.1) is 27.2 Å². The highest BCUT2D eigenvalue weighted by atomic mass is 35.5. The molecule has 1 aliphatic rings. The van der Waals surface area contributed by atoms with Crippen LogP contribution < -0.4 is 0 Å². The molecule has 4 heteroatoms. The minimum atomic E-state index is -2.64. The van der Waals surface area contributed by atoms with E-state index < -0.39 is 42.2 Å². The van der Waals surface area contributed by atoms with Gasteiger partial charge in [0.1, 0.15) is 11.0 Å². The average Bonchev–Trinajstić information content (AvgIpc) is 2.22. The molecule has 0 atom stereocenters. The Morgan fingerprint density at radius 1 is 1.91 bits per heavy atom. The maximum Gasteiger partial charge on any atom is 0.137 e. The van der Waals surface area contributed by atoms with Crippen molar-refractivity contribution in [1.29, 1.82) is 0 Å². The molecule has 0 spiro atoms. The van der Waals surface area contributed by atoms with Crippen LogP contribution in [0.5, 0.6) is 0 Å². The zero-order valence-electron chi connectivity index (χ0n) is 12.2. The third-order valence-electron chi connectivity index (χ3n) is 1.05. The van der Waals surface area contributed by atoms with Gasteiger partial charge in [-0.1, -0.05) is 11.6 Å². The Morgan fingerprint density at radius 2 is 2.73 bits per heavy atom. The van der Waals surface area contributed by atoms with E-state index in [-0.39, 0.29) is 0 Å². The van der Waals surface area contributed by atoms with E-state index in [4.69, 9.17) is 21.2 Å². The summed E-state index contributed by atoms with van der Waals surface area (Å²) in [6.07, 6.45) is -0.602. The van der Waals surface area contributed by atoms with Crippen molar-refractivity contribution in [1.82, 2.24) is 9.97 Å². The lowest BCUT2D eigenvalue weighted by molar-refractivity contribution is 0.00485. The first-order valence-electron chi connectivity index (χ1n) is 6.24. The highest BCUT2D eigenvalue weighted by Gasteiger charge is 2.23. The van der Waals surface area contributed by atoms with Crippen LogP contribution in [0.25, 0.3) is 0 Å². The normalized spacial score (nSPS) is 39.2. The Morgan fingerprint density at radius 3 is 3.36 bits per heavy atom. The maximum atomic E-state index is 7.87. The van der Waals surface area contributed by atoms with Gasteiger partial charge in [-0.15, -0.1) is 0 Å². The summed E-state index contributed by atoms with van der Waals surface area (Å²) in [6.45, 7) is -5.29. The minimum Gasteiger partial charge on any atom is -0.380 e. The van der Waals surface area contributed by atoms with Crippen molar-refractivity contribution < 1.29 is 14.3 Å². The van der Waals surface area contributed by atoms with E-state index in [9.17, 15) is 0 Å². The summed E-state index contributed by atoms with van der Waals surface area (Å²) in [7, 11) is 0. The van der Waals surface area contributed by atoms with Crippen LogP contribution in [0.3, 0.4) is 0 Å². The van der Waals surface area contributed by atoms with Crippen LogP contribution in [0.4, 0.5) is 0 Å². The Labute approximate surface area is 79.2 Å². The first kappa shape index (κ1) is 2.68. The third-order valence-corrected chi connectivity index (χ3v) is 1.23. The van der Waals surface area contributed by atoms with Crippen molar-refractivity contribution >= 4 is 11.6 Å². The van der Waals surface area contributed by atoms with Crippen molar-refractivity contribution in [2.45, 2.75) is 5.89 Å². The van der Waals surface area contributed by atoms with Crippen LogP contribution in [-0.4, -0.2) is 23.1 Å². The fraction of sp³-hybridized carbons (Fsp3) is 0.429. The fourth-order valence-electron chi connectivity index (χ4n) is 0.578. The molecular weight excluding hydrogens is 164 g/mol. The minimum absolute atomic E-state index is 0.435. The molecule has 0 aromatic carbocycles. The summed E-state index contributed by atoms with van der Waals surface area (Å²) in [5.74, 6) is -3.15. The number of hydrogen-bond acceptors (Lipinski definition) is 3. The molecule has 3 nitrogen and oxygen atoms in total. The molecule has 0 amide bonds. The number of ether oxygens (including phenoxy) is 1. The molecule has 58 valence electrons. The summed E-state index contributed by atoms with van der Waals surface area (Å²) in [5.41, 5.74) is 0. The summed E-state index contributed by atoms with van der Waals surface area (Å²) < 4.78 is 56.4. The van der Waals surface area contributed by atoms with Crippen LogP contribution in [0.15, 0.2) is 12.2 Å². The van der Waals surface area contributed by atoms with E-state index in [1.54, 1.807) is 0 Å². The van der Waals surface area contributed by atoms with E-state index >= 15 is 0 Å². The van der Waals surface area contributed by atoms with Crippen LogP contribution in [0.1, 0.15) is 21.3 Å². The van der Waals surface area contributed by atoms with Crippen molar-refractivity contribution in [3.63, 3.8) is 0 Å². The van der Waals surface area contributed by atoms with Gasteiger partial charge in [-0.25, -0.2) is 9.97 Å². The molecule has 11 heavy (non-hydrogen) atoms. The van der Waals surface area contributed by atoms with E-state index in [1.807, 2.05) is 0 Å². The number of aromatic nitrogens is 2. The molecule has 1 aromatic heterocycles. The smallest absolute Gasteiger partial charge is 0.137 e. The number of halogens is 1. The van der Waals surface area contributed by atoms with Crippen LogP contribution in [0.2, 0.25) is 5.15 Å². The number of nitrogens with zero attached hydrogens (tertiary/aromatic N) is 2.